The van der Waals surface area contributed by atoms with E-state index >= 15 is 0 Å². The summed E-state index contributed by atoms with van der Waals surface area (Å²) in [5, 5.41) is 10.8. The van der Waals surface area contributed by atoms with Gasteiger partial charge < -0.3 is 24.1 Å². The van der Waals surface area contributed by atoms with Crippen molar-refractivity contribution in [1.82, 2.24) is 10.9 Å². The summed E-state index contributed by atoms with van der Waals surface area (Å²) in [4.78, 5) is 0. The standard InChI is InChI=1S/C26H30N2O5/c1-4-31-23-10-5-6-11-24(23)33-26-17(2)27-28-25(26)21-13-12-20(15-22(21)29)32-16-18-8-7-9-19(14-18)30-3/h5-15,17,25-29H,4,16H2,1-3H3. The van der Waals surface area contributed by atoms with Crippen molar-refractivity contribution in [2.45, 2.75) is 38.6 Å². The average molecular weight is 451 g/mol. The third-order valence-electron chi connectivity index (χ3n) is 5.58. The molecule has 0 aliphatic carbocycles. The van der Waals surface area contributed by atoms with Crippen LogP contribution in [0.1, 0.15) is 31.0 Å². The fraction of sp³-hybridized carbons (Fsp3) is 0.308. The van der Waals surface area contributed by atoms with E-state index < -0.39 is 0 Å². The van der Waals surface area contributed by atoms with Crippen LogP contribution in [0.2, 0.25) is 0 Å². The Bertz CT molecular complexity index is 1070. The van der Waals surface area contributed by atoms with Gasteiger partial charge in [-0.15, -0.1) is 0 Å². The Kier molecular flexibility index (Phi) is 7.22. The van der Waals surface area contributed by atoms with Crippen molar-refractivity contribution in [3.8, 4) is 28.7 Å². The molecule has 3 aromatic carbocycles. The largest absolute Gasteiger partial charge is 0.507 e. The second-order valence-corrected chi connectivity index (χ2v) is 7.88. The fourth-order valence-corrected chi connectivity index (χ4v) is 3.87. The quantitative estimate of drug-likeness (QED) is 0.447. The van der Waals surface area contributed by atoms with Gasteiger partial charge in [0.1, 0.15) is 30.0 Å². The Labute approximate surface area is 194 Å². The second kappa shape index (κ2) is 10.5. The zero-order valence-electron chi connectivity index (χ0n) is 19.1. The summed E-state index contributed by atoms with van der Waals surface area (Å²) < 4.78 is 23.2. The molecule has 0 saturated carbocycles. The van der Waals surface area contributed by atoms with Crippen LogP contribution < -0.4 is 29.8 Å². The van der Waals surface area contributed by atoms with E-state index in [0.717, 1.165) is 16.9 Å². The number of ether oxygens (including phenoxy) is 4. The van der Waals surface area contributed by atoms with Gasteiger partial charge in [0.2, 0.25) is 0 Å². The van der Waals surface area contributed by atoms with Gasteiger partial charge in [0.25, 0.3) is 0 Å². The summed E-state index contributed by atoms with van der Waals surface area (Å²) in [5.41, 5.74) is 8.17. The van der Waals surface area contributed by atoms with E-state index in [2.05, 4.69) is 10.9 Å². The molecule has 0 radical (unpaired) electrons. The van der Waals surface area contributed by atoms with Crippen LogP contribution in [-0.2, 0) is 6.61 Å². The Morgan fingerprint density at radius 3 is 2.45 bits per heavy atom. The van der Waals surface area contributed by atoms with Crippen molar-refractivity contribution in [3.63, 3.8) is 0 Å². The number of hydrogen-bond acceptors (Lipinski definition) is 7. The first kappa shape index (κ1) is 22.8. The van der Waals surface area contributed by atoms with Crippen LogP contribution in [0.4, 0.5) is 0 Å². The summed E-state index contributed by atoms with van der Waals surface area (Å²) in [6, 6.07) is 20.4. The molecule has 7 nitrogen and oxygen atoms in total. The highest BCUT2D eigenvalue weighted by atomic mass is 16.5. The molecule has 0 bridgehead atoms. The molecule has 7 heteroatoms. The molecule has 1 fully saturated rings. The molecular formula is C26H30N2O5. The molecule has 3 aromatic rings. The van der Waals surface area contributed by atoms with Crippen molar-refractivity contribution in [3.05, 3.63) is 77.9 Å². The van der Waals surface area contributed by atoms with Crippen molar-refractivity contribution < 1.29 is 24.1 Å². The second-order valence-electron chi connectivity index (χ2n) is 7.88. The van der Waals surface area contributed by atoms with E-state index in [-0.39, 0.29) is 23.9 Å². The van der Waals surface area contributed by atoms with Gasteiger partial charge in [0.05, 0.1) is 25.8 Å². The smallest absolute Gasteiger partial charge is 0.161 e. The molecule has 0 amide bonds. The SMILES string of the molecule is CCOc1ccccc1OC1C(C)NNC1c1ccc(OCc2cccc(OC)c2)cc1O. The zero-order valence-corrected chi connectivity index (χ0v) is 19.1. The molecule has 0 aromatic heterocycles. The van der Waals surface area contributed by atoms with Gasteiger partial charge in [0, 0.05) is 11.6 Å². The van der Waals surface area contributed by atoms with Crippen LogP contribution in [0.25, 0.3) is 0 Å². The summed E-state index contributed by atoms with van der Waals surface area (Å²) >= 11 is 0. The van der Waals surface area contributed by atoms with Crippen LogP contribution in [0.15, 0.2) is 66.7 Å². The Balaban J connectivity index is 1.48. The molecule has 3 unspecified atom stereocenters. The molecule has 33 heavy (non-hydrogen) atoms. The fourth-order valence-electron chi connectivity index (χ4n) is 3.87. The van der Waals surface area contributed by atoms with Gasteiger partial charge in [-0.25, -0.2) is 5.43 Å². The summed E-state index contributed by atoms with van der Waals surface area (Å²) in [7, 11) is 1.63. The first-order valence-electron chi connectivity index (χ1n) is 11.1. The normalized spacial score (nSPS) is 19.8. The Morgan fingerprint density at radius 2 is 1.70 bits per heavy atom. The molecule has 1 heterocycles. The first-order chi connectivity index (χ1) is 16.1. The number of para-hydroxylation sites is 2. The molecule has 4 rings (SSSR count). The Morgan fingerprint density at radius 1 is 0.879 bits per heavy atom. The minimum absolute atomic E-state index is 0.00747. The van der Waals surface area contributed by atoms with Crippen molar-refractivity contribution in [2.24, 2.45) is 0 Å². The first-order valence-corrected chi connectivity index (χ1v) is 11.1. The van der Waals surface area contributed by atoms with Gasteiger partial charge in [0.15, 0.2) is 11.5 Å². The molecule has 3 N–H and O–H groups in total. The molecule has 3 atom stereocenters. The van der Waals surface area contributed by atoms with Gasteiger partial charge in [-0.1, -0.05) is 24.3 Å². The highest BCUT2D eigenvalue weighted by Gasteiger charge is 2.38. The zero-order chi connectivity index (χ0) is 23.2. The highest BCUT2D eigenvalue weighted by Crippen LogP contribution is 2.37. The summed E-state index contributed by atoms with van der Waals surface area (Å²) in [6.07, 6.45) is -0.263. The van der Waals surface area contributed by atoms with Crippen LogP contribution in [0.5, 0.6) is 28.7 Å². The van der Waals surface area contributed by atoms with Crippen LogP contribution in [-0.4, -0.2) is 31.0 Å². The maximum atomic E-state index is 10.8. The van der Waals surface area contributed by atoms with Crippen LogP contribution in [0.3, 0.4) is 0 Å². The number of nitrogens with one attached hydrogen (secondary N) is 2. The predicted molar refractivity (Wildman–Crippen MR) is 126 cm³/mol. The number of phenols is 1. The minimum Gasteiger partial charge on any atom is -0.507 e. The third-order valence-corrected chi connectivity index (χ3v) is 5.58. The molecule has 1 saturated heterocycles. The van der Waals surface area contributed by atoms with Crippen LogP contribution >= 0.6 is 0 Å². The number of phenolic OH excluding ortho intramolecular Hbond substituents is 1. The number of methoxy groups -OCH3 is 1. The molecule has 1 aliphatic rings. The van der Waals surface area contributed by atoms with E-state index in [9.17, 15) is 5.11 Å². The number of hydrazine groups is 1. The van der Waals surface area contributed by atoms with Crippen molar-refractivity contribution in [1.29, 1.82) is 0 Å². The van der Waals surface area contributed by atoms with Crippen molar-refractivity contribution >= 4 is 0 Å². The van der Waals surface area contributed by atoms with E-state index in [1.165, 1.54) is 0 Å². The van der Waals surface area contributed by atoms with Gasteiger partial charge in [-0.05, 0) is 55.8 Å². The minimum atomic E-state index is -0.263. The Hall–Kier alpha value is -3.42. The van der Waals surface area contributed by atoms with Gasteiger partial charge >= 0.3 is 0 Å². The van der Waals surface area contributed by atoms with Gasteiger partial charge in [-0.2, -0.15) is 0 Å². The van der Waals surface area contributed by atoms with E-state index in [4.69, 9.17) is 18.9 Å². The number of hydrogen-bond donors (Lipinski definition) is 3. The van der Waals surface area contributed by atoms with E-state index in [1.807, 2.05) is 74.5 Å². The summed E-state index contributed by atoms with van der Waals surface area (Å²) in [5.74, 6) is 2.86. The number of rotatable bonds is 9. The van der Waals surface area contributed by atoms with E-state index in [0.29, 0.717) is 30.5 Å². The van der Waals surface area contributed by atoms with E-state index in [1.54, 1.807) is 13.2 Å². The lowest BCUT2D eigenvalue weighted by Crippen LogP contribution is -2.33. The molecular weight excluding hydrogens is 420 g/mol. The molecule has 1 aliphatic heterocycles. The molecule has 0 spiro atoms. The van der Waals surface area contributed by atoms with Crippen LogP contribution in [0, 0.1) is 0 Å². The lowest BCUT2D eigenvalue weighted by atomic mass is 9.98. The number of aromatic hydroxyl groups is 1. The van der Waals surface area contributed by atoms with Crippen molar-refractivity contribution in [2.75, 3.05) is 13.7 Å². The average Bonchev–Trinajstić information content (AvgIpc) is 3.19. The summed E-state index contributed by atoms with van der Waals surface area (Å²) in [6.45, 7) is 4.90. The van der Waals surface area contributed by atoms with Gasteiger partial charge in [-0.3, -0.25) is 5.43 Å². The topological polar surface area (TPSA) is 81.2 Å². The predicted octanol–water partition coefficient (Wildman–Crippen LogP) is 4.36. The third kappa shape index (κ3) is 5.32. The monoisotopic (exact) mass is 450 g/mol. The lowest BCUT2D eigenvalue weighted by molar-refractivity contribution is 0.162. The number of benzene rings is 3. The maximum absolute atomic E-state index is 10.8. The molecule has 174 valence electrons. The maximum Gasteiger partial charge on any atom is 0.161 e. The highest BCUT2D eigenvalue weighted by molar-refractivity contribution is 5.44. The lowest BCUT2D eigenvalue weighted by Gasteiger charge is -2.24.